The number of nitrogens with zero attached hydrogens (tertiary/aromatic N) is 6. The highest BCUT2D eigenvalue weighted by molar-refractivity contribution is 7.15. The smallest absolute Gasteiger partial charge is 0.254 e. The maximum absolute atomic E-state index is 12.4. The third kappa shape index (κ3) is 3.96. The minimum absolute atomic E-state index is 0.158. The van der Waals surface area contributed by atoms with Crippen LogP contribution in [0.4, 0.5) is 11.1 Å². The Kier molecular flexibility index (Phi) is 5.40. The second-order valence-corrected chi connectivity index (χ2v) is 7.19. The first kappa shape index (κ1) is 18.2. The Morgan fingerprint density at radius 3 is 2.81 bits per heavy atom. The van der Waals surface area contributed by atoms with Gasteiger partial charge in [-0.1, -0.05) is 31.1 Å². The molecule has 3 heterocycles. The van der Waals surface area contributed by atoms with Gasteiger partial charge in [0, 0.05) is 23.4 Å². The van der Waals surface area contributed by atoms with Crippen molar-refractivity contribution in [3.8, 4) is 0 Å². The van der Waals surface area contributed by atoms with Crippen LogP contribution in [0.2, 0.25) is 0 Å². The number of nitrogens with one attached hydrogen (secondary N) is 1. The molecule has 0 radical (unpaired) electrons. The number of aryl methyl sites for hydroxylation is 3. The molecule has 0 aliphatic rings. The number of hydrogen-bond acceptors (Lipinski definition) is 8. The third-order valence-corrected chi connectivity index (χ3v) is 5.01. The van der Waals surface area contributed by atoms with Crippen molar-refractivity contribution in [1.82, 2.24) is 29.8 Å². The number of nitrogen functional groups attached to an aromatic ring is 1. The number of carbonyl (C=O) groups excluding carboxylic acids is 1. The summed E-state index contributed by atoms with van der Waals surface area (Å²) in [6.07, 6.45) is 4.49. The molecule has 0 saturated heterocycles. The van der Waals surface area contributed by atoms with Crippen molar-refractivity contribution < 1.29 is 4.79 Å². The Labute approximate surface area is 155 Å². The number of rotatable bonds is 7. The lowest BCUT2D eigenvalue weighted by Crippen LogP contribution is -2.17. The average Bonchev–Trinajstić information content (AvgIpc) is 3.18. The van der Waals surface area contributed by atoms with Gasteiger partial charge in [-0.25, -0.2) is 4.98 Å². The summed E-state index contributed by atoms with van der Waals surface area (Å²) in [5, 5.41) is 16.6. The monoisotopic (exact) mass is 374 g/mol. The van der Waals surface area contributed by atoms with Gasteiger partial charge >= 0.3 is 0 Å². The van der Waals surface area contributed by atoms with E-state index in [9.17, 15) is 4.79 Å². The molecule has 3 aromatic heterocycles. The molecule has 0 aromatic carbocycles. The van der Waals surface area contributed by atoms with E-state index in [0.717, 1.165) is 41.2 Å². The Balaban J connectivity index is 1.69. The van der Waals surface area contributed by atoms with Crippen LogP contribution < -0.4 is 11.1 Å². The number of hydrogen-bond donors (Lipinski definition) is 2. The Hall–Kier alpha value is -2.62. The van der Waals surface area contributed by atoms with Gasteiger partial charge in [-0.15, -0.1) is 15.3 Å². The highest BCUT2D eigenvalue weighted by atomic mass is 32.1. The summed E-state index contributed by atoms with van der Waals surface area (Å²) >= 11 is 1.42. The van der Waals surface area contributed by atoms with Crippen LogP contribution in [-0.2, 0) is 17.6 Å². The van der Waals surface area contributed by atoms with Gasteiger partial charge in [0.05, 0.1) is 6.42 Å². The number of carbonyl (C=O) groups is 1. The normalized spacial score (nSPS) is 11.2. The van der Waals surface area contributed by atoms with Crippen LogP contribution in [0.25, 0.3) is 5.78 Å². The predicted molar refractivity (Wildman–Crippen MR) is 100 cm³/mol. The van der Waals surface area contributed by atoms with Gasteiger partial charge in [0.15, 0.2) is 0 Å². The van der Waals surface area contributed by atoms with Crippen molar-refractivity contribution in [2.24, 2.45) is 0 Å². The topological polar surface area (TPSA) is 124 Å². The average molecular weight is 374 g/mol. The van der Waals surface area contributed by atoms with E-state index in [1.54, 1.807) is 4.52 Å². The number of nitrogens with two attached hydrogens (primary N) is 1. The van der Waals surface area contributed by atoms with Crippen molar-refractivity contribution in [3.05, 3.63) is 22.0 Å². The van der Waals surface area contributed by atoms with E-state index in [4.69, 9.17) is 5.73 Å². The fourth-order valence-corrected chi connectivity index (χ4v) is 3.53. The van der Waals surface area contributed by atoms with Crippen LogP contribution in [0.15, 0.2) is 0 Å². The third-order valence-electron chi connectivity index (χ3n) is 4.11. The second-order valence-electron chi connectivity index (χ2n) is 6.13. The molecule has 26 heavy (non-hydrogen) atoms. The molecule has 0 unspecified atom stereocenters. The quantitative estimate of drug-likeness (QED) is 0.607. The minimum atomic E-state index is -0.165. The van der Waals surface area contributed by atoms with Crippen molar-refractivity contribution in [3.63, 3.8) is 0 Å². The largest absolute Gasteiger partial charge is 0.366 e. The highest BCUT2D eigenvalue weighted by Crippen LogP contribution is 2.19. The fourth-order valence-electron chi connectivity index (χ4n) is 2.74. The number of amides is 1. The summed E-state index contributed by atoms with van der Waals surface area (Å²) in [6, 6.07) is 0. The lowest BCUT2D eigenvalue weighted by molar-refractivity contribution is -0.115. The maximum Gasteiger partial charge on any atom is 0.254 e. The second kappa shape index (κ2) is 7.73. The van der Waals surface area contributed by atoms with E-state index in [0.29, 0.717) is 10.9 Å². The van der Waals surface area contributed by atoms with Gasteiger partial charge in [0.1, 0.15) is 5.01 Å². The first-order valence-electron chi connectivity index (χ1n) is 8.58. The van der Waals surface area contributed by atoms with Gasteiger partial charge in [0.25, 0.3) is 5.78 Å². The van der Waals surface area contributed by atoms with Crippen molar-refractivity contribution in [1.29, 1.82) is 0 Å². The molecular formula is C16H22N8OS. The van der Waals surface area contributed by atoms with Crippen molar-refractivity contribution >= 4 is 34.1 Å². The fraction of sp³-hybridized carbons (Fsp3) is 0.500. The summed E-state index contributed by atoms with van der Waals surface area (Å²) in [4.78, 5) is 20.9. The summed E-state index contributed by atoms with van der Waals surface area (Å²) in [5.41, 5.74) is 7.96. The van der Waals surface area contributed by atoms with Crippen LogP contribution in [0.5, 0.6) is 0 Å². The lowest BCUT2D eigenvalue weighted by atomic mass is 10.1. The highest BCUT2D eigenvalue weighted by Gasteiger charge is 2.16. The van der Waals surface area contributed by atoms with Crippen LogP contribution in [0, 0.1) is 13.8 Å². The summed E-state index contributed by atoms with van der Waals surface area (Å²) in [6.45, 7) is 5.88. The minimum Gasteiger partial charge on any atom is -0.366 e. The Bertz CT molecular complexity index is 932. The molecule has 3 rings (SSSR count). The zero-order chi connectivity index (χ0) is 18.7. The molecule has 0 bridgehead atoms. The first-order chi connectivity index (χ1) is 12.5. The predicted octanol–water partition coefficient (Wildman–Crippen LogP) is 2.09. The number of aromatic nitrogens is 6. The molecule has 138 valence electrons. The zero-order valence-electron chi connectivity index (χ0n) is 15.1. The molecular weight excluding hydrogens is 352 g/mol. The maximum atomic E-state index is 12.4. The van der Waals surface area contributed by atoms with Gasteiger partial charge in [-0.2, -0.15) is 9.50 Å². The van der Waals surface area contributed by atoms with E-state index in [1.165, 1.54) is 17.8 Å². The molecule has 3 N–H and O–H groups in total. The van der Waals surface area contributed by atoms with E-state index in [-0.39, 0.29) is 18.3 Å². The van der Waals surface area contributed by atoms with Crippen molar-refractivity contribution in [2.45, 2.75) is 52.9 Å². The number of fused-ring (bicyclic) bond motifs is 1. The molecule has 0 fully saturated rings. The lowest BCUT2D eigenvalue weighted by Gasteiger charge is -2.09. The van der Waals surface area contributed by atoms with E-state index in [2.05, 4.69) is 37.5 Å². The summed E-state index contributed by atoms with van der Waals surface area (Å²) in [7, 11) is 0. The molecule has 10 heteroatoms. The first-order valence-corrected chi connectivity index (χ1v) is 9.40. The molecule has 0 atom stereocenters. The Morgan fingerprint density at radius 2 is 2.04 bits per heavy atom. The van der Waals surface area contributed by atoms with E-state index in [1.807, 2.05) is 13.8 Å². The summed E-state index contributed by atoms with van der Waals surface area (Å²) in [5.74, 6) is 0.426. The van der Waals surface area contributed by atoms with Gasteiger partial charge < -0.3 is 11.1 Å². The molecule has 0 aliphatic heterocycles. The van der Waals surface area contributed by atoms with Gasteiger partial charge in [0.2, 0.25) is 17.0 Å². The number of anilines is 2. The standard InChI is InChI=1S/C16H22N8OS/c1-4-5-6-7-13-21-22-16(26-13)19-12(25)8-11-9(2)18-15-20-14(17)23-24(15)10(11)3/h4-8H2,1-3H3,(H2,17,23)(H,19,22,25). The van der Waals surface area contributed by atoms with Crippen LogP contribution >= 0.6 is 11.3 Å². The van der Waals surface area contributed by atoms with Crippen molar-refractivity contribution in [2.75, 3.05) is 11.1 Å². The SMILES string of the molecule is CCCCCc1nnc(NC(=O)Cc2c(C)nc3nc(N)nn3c2C)s1. The molecule has 9 nitrogen and oxygen atoms in total. The Morgan fingerprint density at radius 1 is 1.23 bits per heavy atom. The molecule has 0 spiro atoms. The van der Waals surface area contributed by atoms with E-state index >= 15 is 0 Å². The molecule has 0 saturated carbocycles. The number of unbranched alkanes of at least 4 members (excludes halogenated alkanes) is 2. The van der Waals surface area contributed by atoms with E-state index < -0.39 is 0 Å². The molecule has 3 aromatic rings. The van der Waals surface area contributed by atoms with Gasteiger partial charge in [-0.05, 0) is 20.3 Å². The van der Waals surface area contributed by atoms with Crippen LogP contribution in [-0.4, -0.2) is 35.7 Å². The molecule has 0 aliphatic carbocycles. The van der Waals surface area contributed by atoms with Crippen LogP contribution in [0.1, 0.15) is 48.1 Å². The van der Waals surface area contributed by atoms with Crippen LogP contribution in [0.3, 0.4) is 0 Å². The molecule has 1 amide bonds. The zero-order valence-corrected chi connectivity index (χ0v) is 15.9. The summed E-state index contributed by atoms with van der Waals surface area (Å²) < 4.78 is 1.56. The van der Waals surface area contributed by atoms with Gasteiger partial charge in [-0.3, -0.25) is 4.79 Å².